The summed E-state index contributed by atoms with van der Waals surface area (Å²) < 4.78 is 0. The summed E-state index contributed by atoms with van der Waals surface area (Å²) in [6.45, 7) is 0.536. The second-order valence-electron chi connectivity index (χ2n) is 6.64. The third kappa shape index (κ3) is 7.62. The van der Waals surface area contributed by atoms with E-state index in [4.69, 9.17) is 5.21 Å². The Bertz CT molecular complexity index is 689. The van der Waals surface area contributed by atoms with Gasteiger partial charge in [-0.3, -0.25) is 14.8 Å². The van der Waals surface area contributed by atoms with Crippen LogP contribution in [0.15, 0.2) is 60.7 Å². The summed E-state index contributed by atoms with van der Waals surface area (Å²) in [5, 5.41) is 11.7. The normalized spacial score (nSPS) is 11.6. The molecule has 27 heavy (non-hydrogen) atoms. The number of carbonyl (C=O) groups is 2. The molecule has 5 heteroatoms. The van der Waals surface area contributed by atoms with Gasteiger partial charge in [0.25, 0.3) is 5.91 Å². The van der Waals surface area contributed by atoms with Crippen LogP contribution in [0.5, 0.6) is 0 Å². The van der Waals surface area contributed by atoms with E-state index in [0.717, 1.165) is 31.2 Å². The van der Waals surface area contributed by atoms with Crippen LogP contribution in [0.25, 0.3) is 0 Å². The van der Waals surface area contributed by atoms with E-state index in [9.17, 15) is 9.59 Å². The molecule has 0 aliphatic heterocycles. The summed E-state index contributed by atoms with van der Waals surface area (Å²) in [7, 11) is 0. The monoisotopic (exact) mass is 368 g/mol. The van der Waals surface area contributed by atoms with Crippen LogP contribution >= 0.6 is 0 Å². The minimum Gasteiger partial charge on any atom is -0.355 e. The molecule has 0 saturated carbocycles. The zero-order valence-electron chi connectivity index (χ0n) is 15.6. The fraction of sp³-hybridized carbons (Fsp3) is 0.364. The van der Waals surface area contributed by atoms with E-state index < -0.39 is 11.8 Å². The first-order chi connectivity index (χ1) is 13.2. The smallest absolute Gasteiger partial charge is 0.255 e. The van der Waals surface area contributed by atoms with Crippen LogP contribution in [0.4, 0.5) is 0 Å². The van der Waals surface area contributed by atoms with Crippen molar-refractivity contribution in [3.05, 3.63) is 71.8 Å². The highest BCUT2D eigenvalue weighted by molar-refractivity contribution is 5.99. The molecule has 2 aromatic carbocycles. The van der Waals surface area contributed by atoms with Gasteiger partial charge >= 0.3 is 0 Å². The number of rotatable bonds is 11. The quantitative estimate of drug-likeness (QED) is 0.246. The van der Waals surface area contributed by atoms with Crippen LogP contribution in [0.2, 0.25) is 0 Å². The molecule has 0 heterocycles. The number of hydrogen-bond donors (Lipinski definition) is 3. The standard InChI is InChI=1S/C22H28N2O3/c25-21(23-17-9-3-8-12-18-10-4-1-5-11-18)20(22(26)24-27)16-15-19-13-6-2-7-14-19/h1-2,4-7,10-11,13-14,20,27H,3,8-9,12,15-17H2,(H,23,25)(H,24,26). The third-order valence-electron chi connectivity index (χ3n) is 4.59. The van der Waals surface area contributed by atoms with Crippen LogP contribution in [0, 0.1) is 5.92 Å². The number of unbranched alkanes of at least 4 members (excludes halogenated alkanes) is 2. The molecule has 0 fully saturated rings. The lowest BCUT2D eigenvalue weighted by Gasteiger charge is -2.15. The topological polar surface area (TPSA) is 78.4 Å². The molecule has 0 aliphatic carbocycles. The van der Waals surface area contributed by atoms with Gasteiger partial charge in [0.2, 0.25) is 5.91 Å². The van der Waals surface area contributed by atoms with Crippen molar-refractivity contribution < 1.29 is 14.8 Å². The summed E-state index contributed by atoms with van der Waals surface area (Å²) in [6, 6.07) is 20.0. The maximum atomic E-state index is 12.3. The van der Waals surface area contributed by atoms with Crippen molar-refractivity contribution in [3.63, 3.8) is 0 Å². The van der Waals surface area contributed by atoms with E-state index in [1.165, 1.54) is 5.56 Å². The Hall–Kier alpha value is -2.66. The highest BCUT2D eigenvalue weighted by Gasteiger charge is 2.25. The SMILES string of the molecule is O=C(NO)C(CCc1ccccc1)C(=O)NCCCCCc1ccccc1. The first kappa shape index (κ1) is 20.6. The van der Waals surface area contributed by atoms with Gasteiger partial charge in [-0.25, -0.2) is 5.48 Å². The Labute approximate surface area is 160 Å². The molecular formula is C22H28N2O3. The van der Waals surface area contributed by atoms with Gasteiger partial charge in [-0.05, 0) is 43.2 Å². The van der Waals surface area contributed by atoms with Crippen LogP contribution in [-0.4, -0.2) is 23.6 Å². The van der Waals surface area contributed by atoms with Gasteiger partial charge in [-0.2, -0.15) is 0 Å². The molecule has 0 aliphatic rings. The Balaban J connectivity index is 1.69. The van der Waals surface area contributed by atoms with Gasteiger partial charge in [-0.1, -0.05) is 67.1 Å². The van der Waals surface area contributed by atoms with E-state index in [1.807, 2.05) is 48.5 Å². The highest BCUT2D eigenvalue weighted by atomic mass is 16.5. The summed E-state index contributed by atoms with van der Waals surface area (Å²) in [5.41, 5.74) is 3.99. The fourth-order valence-corrected chi connectivity index (χ4v) is 3.03. The van der Waals surface area contributed by atoms with Crippen molar-refractivity contribution in [2.75, 3.05) is 6.54 Å². The predicted molar refractivity (Wildman–Crippen MR) is 105 cm³/mol. The van der Waals surface area contributed by atoms with Crippen molar-refractivity contribution in [1.82, 2.24) is 10.8 Å². The third-order valence-corrected chi connectivity index (χ3v) is 4.59. The molecular weight excluding hydrogens is 340 g/mol. The molecule has 2 amide bonds. The maximum absolute atomic E-state index is 12.3. The van der Waals surface area contributed by atoms with Crippen LogP contribution in [0.1, 0.15) is 36.8 Å². The first-order valence-corrected chi connectivity index (χ1v) is 9.50. The number of hydrogen-bond acceptors (Lipinski definition) is 3. The van der Waals surface area contributed by atoms with Crippen LogP contribution < -0.4 is 10.8 Å². The van der Waals surface area contributed by atoms with Crippen molar-refractivity contribution in [2.24, 2.45) is 5.92 Å². The molecule has 0 spiro atoms. The molecule has 3 N–H and O–H groups in total. The zero-order valence-corrected chi connectivity index (χ0v) is 15.6. The Morgan fingerprint density at radius 3 is 1.96 bits per heavy atom. The summed E-state index contributed by atoms with van der Waals surface area (Å²) in [4.78, 5) is 24.2. The van der Waals surface area contributed by atoms with E-state index in [2.05, 4.69) is 17.4 Å². The fourth-order valence-electron chi connectivity index (χ4n) is 3.03. The molecule has 144 valence electrons. The van der Waals surface area contributed by atoms with Crippen LogP contribution in [-0.2, 0) is 22.4 Å². The second kappa shape index (κ2) is 11.9. The first-order valence-electron chi connectivity index (χ1n) is 9.50. The number of amides is 2. The largest absolute Gasteiger partial charge is 0.355 e. The van der Waals surface area contributed by atoms with E-state index in [1.54, 1.807) is 5.48 Å². The van der Waals surface area contributed by atoms with Gasteiger partial charge in [0, 0.05) is 6.54 Å². The van der Waals surface area contributed by atoms with Gasteiger partial charge in [0.15, 0.2) is 0 Å². The predicted octanol–water partition coefficient (Wildman–Crippen LogP) is 3.27. The molecule has 0 bridgehead atoms. The number of aryl methyl sites for hydroxylation is 2. The van der Waals surface area contributed by atoms with Gasteiger partial charge < -0.3 is 5.32 Å². The lowest BCUT2D eigenvalue weighted by Crippen LogP contribution is -2.41. The summed E-state index contributed by atoms with van der Waals surface area (Å²) >= 11 is 0. The number of nitrogens with one attached hydrogen (secondary N) is 2. The molecule has 0 radical (unpaired) electrons. The van der Waals surface area contributed by atoms with Crippen molar-refractivity contribution in [3.8, 4) is 0 Å². The molecule has 1 unspecified atom stereocenters. The molecule has 0 saturated heterocycles. The maximum Gasteiger partial charge on any atom is 0.255 e. The average molecular weight is 368 g/mol. The molecule has 0 aromatic heterocycles. The molecule has 1 atom stereocenters. The molecule has 2 aromatic rings. The number of hydroxylamine groups is 1. The van der Waals surface area contributed by atoms with Gasteiger partial charge in [-0.15, -0.1) is 0 Å². The lowest BCUT2D eigenvalue weighted by atomic mass is 9.98. The van der Waals surface area contributed by atoms with E-state index >= 15 is 0 Å². The minimum atomic E-state index is -0.889. The van der Waals surface area contributed by atoms with Crippen molar-refractivity contribution >= 4 is 11.8 Å². The lowest BCUT2D eigenvalue weighted by molar-refractivity contribution is -0.140. The summed E-state index contributed by atoms with van der Waals surface area (Å²) in [5.74, 6) is -1.88. The molecule has 2 rings (SSSR count). The van der Waals surface area contributed by atoms with Crippen molar-refractivity contribution in [2.45, 2.75) is 38.5 Å². The Morgan fingerprint density at radius 2 is 1.37 bits per heavy atom. The Kier molecular flexibility index (Phi) is 9.07. The minimum absolute atomic E-state index is 0.333. The van der Waals surface area contributed by atoms with Crippen molar-refractivity contribution in [1.29, 1.82) is 0 Å². The van der Waals surface area contributed by atoms with Gasteiger partial charge in [0.05, 0.1) is 0 Å². The van der Waals surface area contributed by atoms with E-state index in [-0.39, 0.29) is 5.91 Å². The Morgan fingerprint density at radius 1 is 0.778 bits per heavy atom. The zero-order chi connectivity index (χ0) is 19.3. The number of benzene rings is 2. The number of carbonyl (C=O) groups excluding carboxylic acids is 2. The highest BCUT2D eigenvalue weighted by Crippen LogP contribution is 2.11. The van der Waals surface area contributed by atoms with E-state index in [0.29, 0.717) is 19.4 Å². The molecule has 5 nitrogen and oxygen atoms in total. The average Bonchev–Trinajstić information content (AvgIpc) is 2.72. The van der Waals surface area contributed by atoms with Gasteiger partial charge in [0.1, 0.15) is 5.92 Å². The summed E-state index contributed by atoms with van der Waals surface area (Å²) in [6.07, 6.45) is 4.93. The second-order valence-corrected chi connectivity index (χ2v) is 6.64. The van der Waals surface area contributed by atoms with Crippen LogP contribution in [0.3, 0.4) is 0 Å².